The van der Waals surface area contributed by atoms with Gasteiger partial charge in [0.25, 0.3) is 15.7 Å². The zero-order chi connectivity index (χ0) is 18.0. The topological polar surface area (TPSA) is 98.5 Å². The van der Waals surface area contributed by atoms with Gasteiger partial charge in [0.2, 0.25) is 0 Å². The van der Waals surface area contributed by atoms with Gasteiger partial charge in [0.1, 0.15) is 5.75 Å². The molecule has 0 saturated carbocycles. The number of benzene rings is 2. The van der Waals surface area contributed by atoms with Crippen molar-refractivity contribution in [2.45, 2.75) is 11.3 Å². The molecule has 2 aromatic rings. The van der Waals surface area contributed by atoms with Crippen LogP contribution in [-0.2, 0) is 10.0 Å². The summed E-state index contributed by atoms with van der Waals surface area (Å²) in [6.45, 7) is 0. The van der Waals surface area contributed by atoms with Gasteiger partial charge in [-0.2, -0.15) is 0 Å². The largest absolute Gasteiger partial charge is 0.573 e. The van der Waals surface area contributed by atoms with Gasteiger partial charge < -0.3 is 4.74 Å². The van der Waals surface area contributed by atoms with Crippen LogP contribution < -0.4 is 9.46 Å². The summed E-state index contributed by atoms with van der Waals surface area (Å²) in [7, 11) is -4.38. The minimum atomic E-state index is -4.93. The van der Waals surface area contributed by atoms with Gasteiger partial charge >= 0.3 is 6.36 Å². The molecule has 0 aliphatic heterocycles. The minimum Gasteiger partial charge on any atom is -0.406 e. The van der Waals surface area contributed by atoms with Crippen molar-refractivity contribution in [3.8, 4) is 5.75 Å². The summed E-state index contributed by atoms with van der Waals surface area (Å²) in [4.78, 5) is 9.41. The molecule has 24 heavy (non-hydrogen) atoms. The van der Waals surface area contributed by atoms with Crippen molar-refractivity contribution in [1.29, 1.82) is 0 Å². The lowest BCUT2D eigenvalue weighted by Crippen LogP contribution is -2.18. The van der Waals surface area contributed by atoms with Crippen molar-refractivity contribution in [2.75, 3.05) is 4.72 Å². The molecule has 0 unspecified atom stereocenters. The number of nitro benzene ring substituents is 1. The van der Waals surface area contributed by atoms with Crippen molar-refractivity contribution in [3.63, 3.8) is 0 Å². The standard InChI is InChI=1S/C13H9F3N2O5S/c14-13(15,16)23-10-5-3-4-9(8-10)17-24(21,22)12-7-2-1-6-11(12)18(19)20/h1-8,17H. The normalized spacial score (nSPS) is 11.8. The van der Waals surface area contributed by atoms with Gasteiger partial charge in [0, 0.05) is 12.1 Å². The number of nitrogens with zero attached hydrogens (tertiary/aromatic N) is 1. The molecule has 0 bridgehead atoms. The van der Waals surface area contributed by atoms with Crippen LogP contribution in [0.15, 0.2) is 53.4 Å². The second-order valence-corrected chi connectivity index (χ2v) is 6.06. The van der Waals surface area contributed by atoms with E-state index in [1.165, 1.54) is 18.2 Å². The Morgan fingerprint density at radius 2 is 1.75 bits per heavy atom. The van der Waals surface area contributed by atoms with Crippen LogP contribution in [0.1, 0.15) is 0 Å². The van der Waals surface area contributed by atoms with E-state index in [9.17, 15) is 31.7 Å². The molecule has 128 valence electrons. The van der Waals surface area contributed by atoms with E-state index in [0.29, 0.717) is 0 Å². The summed E-state index contributed by atoms with van der Waals surface area (Å²) in [5.41, 5.74) is -0.900. The number of para-hydroxylation sites is 1. The Kier molecular flexibility index (Phi) is 4.64. The predicted molar refractivity (Wildman–Crippen MR) is 77.0 cm³/mol. The van der Waals surface area contributed by atoms with Gasteiger partial charge in [0.15, 0.2) is 4.90 Å². The zero-order valence-electron chi connectivity index (χ0n) is 11.6. The average molecular weight is 362 g/mol. The Hall–Kier alpha value is -2.82. The molecular weight excluding hydrogens is 353 g/mol. The summed E-state index contributed by atoms with van der Waals surface area (Å²) in [6.07, 6.45) is -4.93. The third-order valence-corrected chi connectivity index (χ3v) is 4.10. The Labute approximate surface area is 133 Å². The van der Waals surface area contributed by atoms with E-state index in [-0.39, 0.29) is 5.69 Å². The zero-order valence-corrected chi connectivity index (χ0v) is 12.5. The lowest BCUT2D eigenvalue weighted by molar-refractivity contribution is -0.387. The number of hydrogen-bond acceptors (Lipinski definition) is 5. The molecule has 0 aliphatic carbocycles. The molecule has 0 heterocycles. The number of nitro groups is 1. The fourth-order valence-corrected chi connectivity index (χ4v) is 3.02. The maximum Gasteiger partial charge on any atom is 0.573 e. The molecule has 0 spiro atoms. The monoisotopic (exact) mass is 362 g/mol. The Balaban J connectivity index is 2.34. The van der Waals surface area contributed by atoms with Gasteiger partial charge in [0.05, 0.1) is 10.6 Å². The first kappa shape index (κ1) is 17.5. The van der Waals surface area contributed by atoms with E-state index < -0.39 is 37.6 Å². The van der Waals surface area contributed by atoms with Gasteiger partial charge in [-0.15, -0.1) is 13.2 Å². The van der Waals surface area contributed by atoms with Gasteiger partial charge in [-0.05, 0) is 18.2 Å². The number of anilines is 1. The molecule has 0 amide bonds. The second kappa shape index (κ2) is 6.35. The van der Waals surface area contributed by atoms with E-state index >= 15 is 0 Å². The number of sulfonamides is 1. The van der Waals surface area contributed by atoms with Crippen LogP contribution in [0, 0.1) is 10.1 Å². The molecular formula is C13H9F3N2O5S. The first-order valence-corrected chi connectivity index (χ1v) is 7.69. The molecule has 2 rings (SSSR count). The minimum absolute atomic E-state index is 0.241. The average Bonchev–Trinajstić information content (AvgIpc) is 2.45. The van der Waals surface area contributed by atoms with Gasteiger partial charge in [-0.1, -0.05) is 18.2 Å². The summed E-state index contributed by atoms with van der Waals surface area (Å²) in [6, 6.07) is 8.68. The number of ether oxygens (including phenoxy) is 1. The van der Waals surface area contributed by atoms with Crippen molar-refractivity contribution in [1.82, 2.24) is 0 Å². The maximum absolute atomic E-state index is 12.2. The fourth-order valence-electron chi connectivity index (χ4n) is 1.80. The molecule has 0 saturated heterocycles. The third kappa shape index (κ3) is 4.35. The van der Waals surface area contributed by atoms with Crippen LogP contribution in [0.25, 0.3) is 0 Å². The summed E-state index contributed by atoms with van der Waals surface area (Å²) < 4.78 is 66.7. The predicted octanol–water partition coefficient (Wildman–Crippen LogP) is 3.29. The first-order valence-electron chi connectivity index (χ1n) is 6.20. The summed E-state index contributed by atoms with van der Waals surface area (Å²) in [5, 5.41) is 10.9. The summed E-state index contributed by atoms with van der Waals surface area (Å²) in [5.74, 6) is -0.634. The maximum atomic E-state index is 12.2. The number of hydrogen-bond donors (Lipinski definition) is 1. The van der Waals surface area contributed by atoms with Crippen LogP contribution in [0.4, 0.5) is 24.5 Å². The van der Waals surface area contributed by atoms with Crippen LogP contribution in [0.5, 0.6) is 5.75 Å². The SMILES string of the molecule is O=[N+]([O-])c1ccccc1S(=O)(=O)Nc1cccc(OC(F)(F)F)c1. The Bertz CT molecular complexity index is 868. The van der Waals surface area contributed by atoms with E-state index in [0.717, 1.165) is 30.3 Å². The molecule has 2 aromatic carbocycles. The molecule has 0 fully saturated rings. The fraction of sp³-hybridized carbons (Fsp3) is 0.0769. The Morgan fingerprint density at radius 1 is 1.08 bits per heavy atom. The molecule has 0 atom stereocenters. The summed E-state index contributed by atoms with van der Waals surface area (Å²) >= 11 is 0. The van der Waals surface area contributed by atoms with Crippen molar-refractivity contribution >= 4 is 21.4 Å². The third-order valence-electron chi connectivity index (χ3n) is 2.67. The number of nitrogens with one attached hydrogen (secondary N) is 1. The first-order chi connectivity index (χ1) is 11.1. The van der Waals surface area contributed by atoms with E-state index in [1.807, 2.05) is 4.72 Å². The molecule has 0 radical (unpaired) electrons. The number of halogens is 3. The molecule has 7 nitrogen and oxygen atoms in total. The van der Waals surface area contributed by atoms with Crippen LogP contribution in [0.3, 0.4) is 0 Å². The highest BCUT2D eigenvalue weighted by molar-refractivity contribution is 7.92. The van der Waals surface area contributed by atoms with E-state index in [2.05, 4.69) is 4.74 Å². The highest BCUT2D eigenvalue weighted by atomic mass is 32.2. The van der Waals surface area contributed by atoms with Gasteiger partial charge in [-0.25, -0.2) is 8.42 Å². The molecule has 11 heteroatoms. The van der Waals surface area contributed by atoms with Crippen LogP contribution in [-0.4, -0.2) is 19.7 Å². The number of alkyl halides is 3. The second-order valence-electron chi connectivity index (χ2n) is 4.41. The lowest BCUT2D eigenvalue weighted by atomic mass is 10.3. The Morgan fingerprint density at radius 3 is 2.38 bits per heavy atom. The van der Waals surface area contributed by atoms with E-state index in [1.54, 1.807) is 0 Å². The number of rotatable bonds is 5. The smallest absolute Gasteiger partial charge is 0.406 e. The van der Waals surface area contributed by atoms with Crippen molar-refractivity contribution in [2.24, 2.45) is 0 Å². The van der Waals surface area contributed by atoms with Crippen molar-refractivity contribution in [3.05, 3.63) is 58.6 Å². The highest BCUT2D eigenvalue weighted by Crippen LogP contribution is 2.28. The van der Waals surface area contributed by atoms with Crippen molar-refractivity contribution < 1.29 is 31.2 Å². The quantitative estimate of drug-likeness (QED) is 0.650. The van der Waals surface area contributed by atoms with Gasteiger partial charge in [-0.3, -0.25) is 14.8 Å². The highest BCUT2D eigenvalue weighted by Gasteiger charge is 2.31. The van der Waals surface area contributed by atoms with Crippen LogP contribution in [0.2, 0.25) is 0 Å². The van der Waals surface area contributed by atoms with Crippen LogP contribution >= 0.6 is 0 Å². The van der Waals surface area contributed by atoms with E-state index in [4.69, 9.17) is 0 Å². The molecule has 1 N–H and O–H groups in total. The lowest BCUT2D eigenvalue weighted by Gasteiger charge is -2.11. The molecule has 0 aliphatic rings. The molecule has 0 aromatic heterocycles.